The van der Waals surface area contributed by atoms with Crippen molar-refractivity contribution in [1.82, 2.24) is 9.80 Å². The molecule has 0 bridgehead atoms. The van der Waals surface area contributed by atoms with Crippen LogP contribution in [0.4, 0.5) is 5.69 Å². The van der Waals surface area contributed by atoms with Gasteiger partial charge in [0.2, 0.25) is 11.8 Å². The smallest absolute Gasteiger partial charge is 0.232 e. The number of likely N-dealkylation sites (tertiary alicyclic amines) is 1. The summed E-state index contributed by atoms with van der Waals surface area (Å²) < 4.78 is 0. The zero-order valence-electron chi connectivity index (χ0n) is 13.7. The molecule has 0 spiro atoms. The van der Waals surface area contributed by atoms with Gasteiger partial charge in [-0.15, -0.1) is 0 Å². The maximum Gasteiger partial charge on any atom is 0.232 e. The highest BCUT2D eigenvalue weighted by Crippen LogP contribution is 2.22. The van der Waals surface area contributed by atoms with Gasteiger partial charge in [0.25, 0.3) is 0 Å². The van der Waals surface area contributed by atoms with Crippen LogP contribution in [0.15, 0.2) is 30.3 Å². The van der Waals surface area contributed by atoms with E-state index in [0.29, 0.717) is 13.0 Å². The van der Waals surface area contributed by atoms with Crippen LogP contribution in [0.1, 0.15) is 12.8 Å². The SMILES string of the molecule is CN(C)CCCN1CC(C(=O)N(C)c2ccccc2)CC1=O. The van der Waals surface area contributed by atoms with E-state index >= 15 is 0 Å². The quantitative estimate of drug-likeness (QED) is 0.799. The number of hydrogen-bond acceptors (Lipinski definition) is 3. The summed E-state index contributed by atoms with van der Waals surface area (Å²) in [6, 6.07) is 9.55. The van der Waals surface area contributed by atoms with Crippen LogP contribution in [0.25, 0.3) is 0 Å². The standard InChI is InChI=1S/C17H25N3O2/c1-18(2)10-7-11-20-13-14(12-16(20)21)17(22)19(3)15-8-5-4-6-9-15/h4-6,8-9,14H,7,10-13H2,1-3H3. The van der Waals surface area contributed by atoms with Crippen molar-refractivity contribution in [3.8, 4) is 0 Å². The summed E-state index contributed by atoms with van der Waals surface area (Å²) in [5.41, 5.74) is 0.867. The minimum atomic E-state index is -0.225. The molecule has 1 aliphatic heterocycles. The molecule has 0 saturated carbocycles. The van der Waals surface area contributed by atoms with Crippen LogP contribution in [-0.4, -0.2) is 62.4 Å². The topological polar surface area (TPSA) is 43.9 Å². The molecule has 0 N–H and O–H groups in total. The highest BCUT2D eigenvalue weighted by Gasteiger charge is 2.35. The molecule has 1 aromatic rings. The van der Waals surface area contributed by atoms with Gasteiger partial charge in [-0.3, -0.25) is 9.59 Å². The molecule has 1 saturated heterocycles. The summed E-state index contributed by atoms with van der Waals surface area (Å²) in [6.45, 7) is 2.23. The van der Waals surface area contributed by atoms with Crippen molar-refractivity contribution < 1.29 is 9.59 Å². The lowest BCUT2D eigenvalue weighted by Gasteiger charge is -2.22. The van der Waals surface area contributed by atoms with Crippen LogP contribution in [-0.2, 0) is 9.59 Å². The van der Waals surface area contributed by atoms with Crippen molar-refractivity contribution in [1.29, 1.82) is 0 Å². The number of hydrogen-bond donors (Lipinski definition) is 0. The molecule has 1 aliphatic rings. The van der Waals surface area contributed by atoms with Gasteiger partial charge < -0.3 is 14.7 Å². The Hall–Kier alpha value is -1.88. The van der Waals surface area contributed by atoms with E-state index in [9.17, 15) is 9.59 Å². The van der Waals surface area contributed by atoms with Gasteiger partial charge in [-0.2, -0.15) is 0 Å². The molecule has 120 valence electrons. The number of carbonyl (C=O) groups is 2. The molecule has 2 rings (SSSR count). The molecule has 2 amide bonds. The fourth-order valence-corrected chi connectivity index (χ4v) is 2.78. The van der Waals surface area contributed by atoms with Crippen LogP contribution in [0.3, 0.4) is 0 Å². The lowest BCUT2D eigenvalue weighted by molar-refractivity contribution is -0.128. The molecule has 1 fully saturated rings. The van der Waals surface area contributed by atoms with Crippen molar-refractivity contribution in [3.63, 3.8) is 0 Å². The predicted molar refractivity (Wildman–Crippen MR) is 87.7 cm³/mol. The summed E-state index contributed by atoms with van der Waals surface area (Å²) >= 11 is 0. The molecule has 1 heterocycles. The largest absolute Gasteiger partial charge is 0.342 e. The molecule has 5 nitrogen and oxygen atoms in total. The first-order valence-electron chi connectivity index (χ1n) is 7.74. The lowest BCUT2D eigenvalue weighted by Crippen LogP contribution is -2.35. The zero-order valence-corrected chi connectivity index (χ0v) is 13.7. The van der Waals surface area contributed by atoms with E-state index < -0.39 is 0 Å². The number of amides is 2. The predicted octanol–water partition coefficient (Wildman–Crippen LogP) is 1.45. The van der Waals surface area contributed by atoms with Gasteiger partial charge in [-0.25, -0.2) is 0 Å². The zero-order chi connectivity index (χ0) is 16.1. The Morgan fingerprint density at radius 1 is 1.23 bits per heavy atom. The molecule has 1 unspecified atom stereocenters. The van der Waals surface area contributed by atoms with Gasteiger partial charge in [-0.1, -0.05) is 18.2 Å². The summed E-state index contributed by atoms with van der Waals surface area (Å²) in [5, 5.41) is 0. The monoisotopic (exact) mass is 303 g/mol. The summed E-state index contributed by atoms with van der Waals surface area (Å²) in [7, 11) is 5.82. The van der Waals surface area contributed by atoms with Crippen molar-refractivity contribution in [2.24, 2.45) is 5.92 Å². The third kappa shape index (κ3) is 4.07. The summed E-state index contributed by atoms with van der Waals surface area (Å²) in [5.74, 6) is -0.106. The molecule has 1 atom stereocenters. The second-order valence-electron chi connectivity index (χ2n) is 6.13. The molecule has 22 heavy (non-hydrogen) atoms. The lowest BCUT2D eigenvalue weighted by atomic mass is 10.1. The Bertz CT molecular complexity index is 516. The summed E-state index contributed by atoms with van der Waals surface area (Å²) in [4.78, 5) is 30.2. The molecular formula is C17H25N3O2. The van der Waals surface area contributed by atoms with Gasteiger partial charge in [0, 0.05) is 32.2 Å². The average molecular weight is 303 g/mol. The number of para-hydroxylation sites is 1. The van der Waals surface area contributed by atoms with Crippen LogP contribution in [0, 0.1) is 5.92 Å². The Labute approximate surface area is 132 Å². The van der Waals surface area contributed by atoms with Crippen molar-refractivity contribution >= 4 is 17.5 Å². The van der Waals surface area contributed by atoms with Crippen molar-refractivity contribution in [2.45, 2.75) is 12.8 Å². The van der Waals surface area contributed by atoms with Crippen LogP contribution in [0.5, 0.6) is 0 Å². The first-order chi connectivity index (χ1) is 10.5. The highest BCUT2D eigenvalue weighted by molar-refractivity contribution is 5.98. The van der Waals surface area contributed by atoms with Crippen molar-refractivity contribution in [2.75, 3.05) is 45.7 Å². The molecule has 5 heteroatoms. The van der Waals surface area contributed by atoms with E-state index in [1.54, 1.807) is 11.9 Å². The second-order valence-corrected chi connectivity index (χ2v) is 6.13. The number of benzene rings is 1. The maximum absolute atomic E-state index is 12.6. The van der Waals surface area contributed by atoms with Crippen LogP contribution in [0.2, 0.25) is 0 Å². The Morgan fingerprint density at radius 3 is 2.55 bits per heavy atom. The Morgan fingerprint density at radius 2 is 1.91 bits per heavy atom. The first-order valence-corrected chi connectivity index (χ1v) is 7.74. The van der Waals surface area contributed by atoms with E-state index in [1.807, 2.05) is 49.3 Å². The first kappa shape index (κ1) is 16.5. The number of rotatable bonds is 6. The normalized spacial score (nSPS) is 18.1. The molecule has 0 aliphatic carbocycles. The van der Waals surface area contributed by atoms with Gasteiger partial charge in [0.1, 0.15) is 0 Å². The van der Waals surface area contributed by atoms with Gasteiger partial charge in [0.15, 0.2) is 0 Å². The number of carbonyl (C=O) groups excluding carboxylic acids is 2. The molecule has 1 aromatic carbocycles. The van der Waals surface area contributed by atoms with E-state index in [2.05, 4.69) is 4.90 Å². The molecular weight excluding hydrogens is 278 g/mol. The minimum absolute atomic E-state index is 0.0228. The third-order valence-electron chi connectivity index (χ3n) is 4.07. The number of nitrogens with zero attached hydrogens (tertiary/aromatic N) is 3. The number of anilines is 1. The van der Waals surface area contributed by atoms with E-state index in [1.165, 1.54) is 0 Å². The minimum Gasteiger partial charge on any atom is -0.342 e. The fourth-order valence-electron chi connectivity index (χ4n) is 2.78. The molecule has 0 radical (unpaired) electrons. The summed E-state index contributed by atoms with van der Waals surface area (Å²) in [6.07, 6.45) is 1.27. The maximum atomic E-state index is 12.6. The third-order valence-corrected chi connectivity index (χ3v) is 4.07. The van der Waals surface area contributed by atoms with Gasteiger partial charge >= 0.3 is 0 Å². The van der Waals surface area contributed by atoms with E-state index in [0.717, 1.165) is 25.2 Å². The highest BCUT2D eigenvalue weighted by atomic mass is 16.2. The molecule has 0 aromatic heterocycles. The average Bonchev–Trinajstić information content (AvgIpc) is 2.87. The van der Waals surface area contributed by atoms with Gasteiger partial charge in [-0.05, 0) is 39.2 Å². The van der Waals surface area contributed by atoms with E-state index in [4.69, 9.17) is 0 Å². The Kier molecular flexibility index (Phi) is 5.55. The second kappa shape index (κ2) is 7.40. The Balaban J connectivity index is 1.91. The van der Waals surface area contributed by atoms with Crippen LogP contribution >= 0.6 is 0 Å². The van der Waals surface area contributed by atoms with E-state index in [-0.39, 0.29) is 17.7 Å². The van der Waals surface area contributed by atoms with Gasteiger partial charge in [0.05, 0.1) is 5.92 Å². The van der Waals surface area contributed by atoms with Crippen molar-refractivity contribution in [3.05, 3.63) is 30.3 Å². The fraction of sp³-hybridized carbons (Fsp3) is 0.529. The van der Waals surface area contributed by atoms with Crippen LogP contribution < -0.4 is 4.90 Å².